The molecule has 1 heterocycles. The number of carbonyl (C=O) groups is 1. The van der Waals surface area contributed by atoms with Crippen molar-refractivity contribution in [2.24, 2.45) is 28.1 Å². The lowest BCUT2D eigenvalue weighted by Crippen LogP contribution is -2.57. The molecule has 0 amide bonds. The standard InChI is InChI=1S/C22H32O5/c1-13(23)26-12-22(25)7-6-21-10-15(22)8-14(21)9-16-18-19(2,11-27-16)17(24)4-5-20(18,21)3/h14-15,17,24-25H,4-12H2,1-3H3. The molecule has 0 aromatic rings. The topological polar surface area (TPSA) is 76.0 Å². The van der Waals surface area contributed by atoms with Crippen molar-refractivity contribution in [3.8, 4) is 0 Å². The maximum atomic E-state index is 11.3. The third kappa shape index (κ3) is 2.05. The zero-order valence-corrected chi connectivity index (χ0v) is 16.7. The molecule has 27 heavy (non-hydrogen) atoms. The van der Waals surface area contributed by atoms with E-state index in [9.17, 15) is 15.0 Å². The number of hydrogen-bond acceptors (Lipinski definition) is 5. The van der Waals surface area contributed by atoms with Gasteiger partial charge in [0.25, 0.3) is 0 Å². The molecule has 3 fully saturated rings. The van der Waals surface area contributed by atoms with Crippen LogP contribution < -0.4 is 0 Å². The number of ether oxygens (including phenoxy) is 2. The molecule has 4 aliphatic carbocycles. The molecule has 3 saturated carbocycles. The molecule has 1 aliphatic heterocycles. The van der Waals surface area contributed by atoms with Crippen LogP contribution in [0.3, 0.4) is 0 Å². The highest BCUT2D eigenvalue weighted by Crippen LogP contribution is 2.76. The molecule has 0 aromatic heterocycles. The maximum absolute atomic E-state index is 11.3. The zero-order chi connectivity index (χ0) is 19.2. The average Bonchev–Trinajstić information content (AvgIpc) is 3.14. The van der Waals surface area contributed by atoms with Crippen molar-refractivity contribution in [2.75, 3.05) is 13.2 Å². The lowest BCUT2D eigenvalue weighted by molar-refractivity contribution is -0.161. The molecule has 7 atom stereocenters. The summed E-state index contributed by atoms with van der Waals surface area (Å²) >= 11 is 0. The molecule has 7 unspecified atom stereocenters. The Morgan fingerprint density at radius 3 is 2.78 bits per heavy atom. The van der Waals surface area contributed by atoms with Crippen LogP contribution in [0, 0.1) is 28.1 Å². The Hall–Kier alpha value is -1.07. The van der Waals surface area contributed by atoms with E-state index in [0.29, 0.717) is 18.9 Å². The molecule has 0 radical (unpaired) electrons. The van der Waals surface area contributed by atoms with Crippen LogP contribution in [0.15, 0.2) is 11.3 Å². The normalized spacial score (nSPS) is 52.9. The Morgan fingerprint density at radius 2 is 2.04 bits per heavy atom. The molecule has 5 heteroatoms. The number of hydrogen-bond donors (Lipinski definition) is 2. The predicted octanol–water partition coefficient (Wildman–Crippen LogP) is 2.94. The van der Waals surface area contributed by atoms with Crippen LogP contribution in [0.2, 0.25) is 0 Å². The van der Waals surface area contributed by atoms with E-state index < -0.39 is 5.60 Å². The van der Waals surface area contributed by atoms with Crippen LogP contribution >= 0.6 is 0 Å². The van der Waals surface area contributed by atoms with Crippen LogP contribution in [0.25, 0.3) is 0 Å². The summed E-state index contributed by atoms with van der Waals surface area (Å²) in [6, 6.07) is 0. The predicted molar refractivity (Wildman–Crippen MR) is 98.5 cm³/mol. The highest BCUT2D eigenvalue weighted by molar-refractivity contribution is 5.66. The summed E-state index contributed by atoms with van der Waals surface area (Å²) in [4.78, 5) is 11.3. The van der Waals surface area contributed by atoms with Crippen molar-refractivity contribution < 1.29 is 24.5 Å². The molecule has 0 saturated heterocycles. The summed E-state index contributed by atoms with van der Waals surface area (Å²) in [5, 5.41) is 22.1. The molecule has 1 spiro atoms. The van der Waals surface area contributed by atoms with Gasteiger partial charge in [0.05, 0.1) is 23.9 Å². The molecule has 2 N–H and O–H groups in total. The van der Waals surface area contributed by atoms with Crippen molar-refractivity contribution in [2.45, 2.75) is 77.4 Å². The van der Waals surface area contributed by atoms with E-state index in [0.717, 1.165) is 44.3 Å². The summed E-state index contributed by atoms with van der Waals surface area (Å²) < 4.78 is 11.4. The first-order chi connectivity index (χ1) is 12.6. The molecular formula is C22H32O5. The van der Waals surface area contributed by atoms with Gasteiger partial charge in [-0.05, 0) is 73.7 Å². The number of aliphatic hydroxyl groups excluding tert-OH is 1. The van der Waals surface area contributed by atoms with E-state index in [-0.39, 0.29) is 40.8 Å². The average molecular weight is 376 g/mol. The van der Waals surface area contributed by atoms with Crippen LogP contribution in [0.4, 0.5) is 0 Å². The molecule has 5 aliphatic rings. The van der Waals surface area contributed by atoms with Crippen LogP contribution in [-0.2, 0) is 14.3 Å². The van der Waals surface area contributed by atoms with Gasteiger partial charge in [0.1, 0.15) is 12.2 Å². The molecule has 2 bridgehead atoms. The third-order valence-electron chi connectivity index (χ3n) is 9.38. The Kier molecular flexibility index (Phi) is 3.53. The van der Waals surface area contributed by atoms with Crippen LogP contribution in [-0.4, -0.2) is 41.1 Å². The van der Waals surface area contributed by atoms with Crippen molar-refractivity contribution in [1.29, 1.82) is 0 Å². The van der Waals surface area contributed by atoms with E-state index in [1.54, 1.807) is 0 Å². The SMILES string of the molecule is CC(=O)OCC1(O)CCC23CC1CC2CC1=C2C(C)(CO1)C(O)CCC23C. The third-order valence-corrected chi connectivity index (χ3v) is 9.38. The number of fused-ring (bicyclic) bond motifs is 1. The van der Waals surface area contributed by atoms with Gasteiger partial charge in [-0.25, -0.2) is 0 Å². The second-order valence-electron chi connectivity index (χ2n) is 10.5. The van der Waals surface area contributed by atoms with E-state index in [2.05, 4.69) is 13.8 Å². The van der Waals surface area contributed by atoms with E-state index >= 15 is 0 Å². The Labute approximate surface area is 161 Å². The summed E-state index contributed by atoms with van der Waals surface area (Å²) in [6.45, 7) is 6.72. The number of carbonyl (C=O) groups excluding carboxylic acids is 1. The first kappa shape index (κ1) is 18.0. The van der Waals surface area contributed by atoms with Crippen LogP contribution in [0.5, 0.6) is 0 Å². The fraction of sp³-hybridized carbons (Fsp3) is 0.864. The number of aliphatic hydroxyl groups is 2. The quantitative estimate of drug-likeness (QED) is 0.725. The van der Waals surface area contributed by atoms with Crippen molar-refractivity contribution >= 4 is 5.97 Å². The number of allylic oxidation sites excluding steroid dienone is 1. The summed E-state index contributed by atoms with van der Waals surface area (Å²) in [7, 11) is 0. The lowest BCUT2D eigenvalue weighted by Gasteiger charge is -2.61. The second-order valence-corrected chi connectivity index (χ2v) is 10.5. The maximum Gasteiger partial charge on any atom is 0.302 e. The largest absolute Gasteiger partial charge is 0.497 e. The smallest absolute Gasteiger partial charge is 0.302 e. The summed E-state index contributed by atoms with van der Waals surface area (Å²) in [5.41, 5.74) is 0.441. The second kappa shape index (κ2) is 5.29. The Morgan fingerprint density at radius 1 is 1.26 bits per heavy atom. The molecular weight excluding hydrogens is 344 g/mol. The van der Waals surface area contributed by atoms with E-state index in [4.69, 9.17) is 9.47 Å². The van der Waals surface area contributed by atoms with Gasteiger partial charge < -0.3 is 19.7 Å². The van der Waals surface area contributed by atoms with Crippen LogP contribution in [0.1, 0.15) is 65.7 Å². The minimum atomic E-state index is -0.895. The molecule has 0 aromatic carbocycles. The van der Waals surface area contributed by atoms with Gasteiger partial charge >= 0.3 is 5.97 Å². The van der Waals surface area contributed by atoms with Gasteiger partial charge in [-0.1, -0.05) is 6.92 Å². The van der Waals surface area contributed by atoms with Crippen molar-refractivity contribution in [3.63, 3.8) is 0 Å². The van der Waals surface area contributed by atoms with Gasteiger partial charge in [0.15, 0.2) is 0 Å². The zero-order valence-electron chi connectivity index (χ0n) is 16.7. The number of esters is 1. The first-order valence-electron chi connectivity index (χ1n) is 10.6. The summed E-state index contributed by atoms with van der Waals surface area (Å²) in [6.07, 6.45) is 6.06. The van der Waals surface area contributed by atoms with E-state index in [1.807, 2.05) is 0 Å². The van der Waals surface area contributed by atoms with E-state index in [1.165, 1.54) is 12.5 Å². The molecule has 150 valence electrons. The van der Waals surface area contributed by atoms with Crippen molar-refractivity contribution in [3.05, 3.63) is 11.3 Å². The fourth-order valence-corrected chi connectivity index (χ4v) is 7.92. The molecule has 5 rings (SSSR count). The van der Waals surface area contributed by atoms with Gasteiger partial charge in [-0.3, -0.25) is 4.79 Å². The highest BCUT2D eigenvalue weighted by Gasteiger charge is 2.71. The Balaban J connectivity index is 1.52. The monoisotopic (exact) mass is 376 g/mol. The minimum Gasteiger partial charge on any atom is -0.497 e. The highest BCUT2D eigenvalue weighted by atomic mass is 16.5. The minimum absolute atomic E-state index is 0.0350. The van der Waals surface area contributed by atoms with Gasteiger partial charge in [0, 0.05) is 13.3 Å². The van der Waals surface area contributed by atoms with Gasteiger partial charge in [0.2, 0.25) is 0 Å². The van der Waals surface area contributed by atoms with Crippen molar-refractivity contribution in [1.82, 2.24) is 0 Å². The lowest BCUT2D eigenvalue weighted by atomic mass is 9.43. The van der Waals surface area contributed by atoms with Gasteiger partial charge in [-0.2, -0.15) is 0 Å². The fourth-order valence-electron chi connectivity index (χ4n) is 7.92. The Bertz CT molecular complexity index is 730. The number of rotatable bonds is 2. The first-order valence-corrected chi connectivity index (χ1v) is 10.6. The summed E-state index contributed by atoms with van der Waals surface area (Å²) in [5.74, 6) is 1.49. The van der Waals surface area contributed by atoms with Gasteiger partial charge in [-0.15, -0.1) is 0 Å². The molecule has 5 nitrogen and oxygen atoms in total.